The summed E-state index contributed by atoms with van der Waals surface area (Å²) in [6.45, 7) is 12.2. The van der Waals surface area contributed by atoms with Crippen molar-refractivity contribution in [2.24, 2.45) is 5.41 Å². The number of aryl methyl sites for hydroxylation is 1. The van der Waals surface area contributed by atoms with Gasteiger partial charge in [0, 0.05) is 38.2 Å². The van der Waals surface area contributed by atoms with Crippen molar-refractivity contribution in [3.05, 3.63) is 54.0 Å². The summed E-state index contributed by atoms with van der Waals surface area (Å²) in [6, 6.07) is 9.79. The van der Waals surface area contributed by atoms with Crippen molar-refractivity contribution in [2.75, 3.05) is 13.2 Å². The maximum Gasteiger partial charge on any atom is 0.434 e. The number of aromatic nitrogens is 3. The number of hydrogen-bond acceptors (Lipinski definition) is 5. The van der Waals surface area contributed by atoms with Gasteiger partial charge in [0.2, 0.25) is 0 Å². The van der Waals surface area contributed by atoms with Crippen molar-refractivity contribution in [1.29, 1.82) is 0 Å². The Kier molecular flexibility index (Phi) is 9.27. The summed E-state index contributed by atoms with van der Waals surface area (Å²) in [6.07, 6.45) is -1.43. The summed E-state index contributed by atoms with van der Waals surface area (Å²) >= 11 is 0. The molecule has 0 aliphatic rings. The van der Waals surface area contributed by atoms with E-state index in [1.54, 1.807) is 32.0 Å². The Bertz CT molecular complexity index is 1280. The number of carboxylic acids is 1. The fourth-order valence-corrected chi connectivity index (χ4v) is 4.39. The zero-order valence-electron chi connectivity index (χ0n) is 23.2. The lowest BCUT2D eigenvalue weighted by molar-refractivity contribution is -0.148. The molecule has 0 amide bonds. The van der Waals surface area contributed by atoms with Crippen LogP contribution < -0.4 is 4.74 Å². The van der Waals surface area contributed by atoms with Gasteiger partial charge in [-0.25, -0.2) is 4.98 Å². The zero-order valence-corrected chi connectivity index (χ0v) is 24.2. The molecule has 0 saturated carbocycles. The van der Waals surface area contributed by atoms with Crippen LogP contribution in [0.25, 0.3) is 22.6 Å². The molecule has 0 spiro atoms. The highest BCUT2D eigenvalue weighted by Crippen LogP contribution is 2.32. The van der Waals surface area contributed by atoms with Gasteiger partial charge in [-0.15, -0.1) is 0 Å². The van der Waals surface area contributed by atoms with Crippen LogP contribution in [0, 0.1) is 5.41 Å². The molecule has 39 heavy (non-hydrogen) atoms. The number of nitrogens with zero attached hydrogens (tertiary/aromatic N) is 3. The summed E-state index contributed by atoms with van der Waals surface area (Å²) < 4.78 is 53.1. The Hall–Kier alpha value is -3.18. The summed E-state index contributed by atoms with van der Waals surface area (Å²) in [7, 11) is -1.34. The predicted molar refractivity (Wildman–Crippen MR) is 146 cm³/mol. The molecule has 0 aliphatic carbocycles. The average Bonchev–Trinajstić information content (AvgIpc) is 3.29. The number of imidazole rings is 1. The molecule has 0 saturated heterocycles. The van der Waals surface area contributed by atoms with Gasteiger partial charge in [0.1, 0.15) is 24.9 Å². The first-order valence-corrected chi connectivity index (χ1v) is 16.5. The van der Waals surface area contributed by atoms with Gasteiger partial charge in [0.05, 0.1) is 11.1 Å². The van der Waals surface area contributed by atoms with Crippen molar-refractivity contribution in [3.63, 3.8) is 0 Å². The summed E-state index contributed by atoms with van der Waals surface area (Å²) in [4.78, 5) is 19.7. The molecule has 7 nitrogen and oxygen atoms in total. The number of carbonyl (C=O) groups is 1. The van der Waals surface area contributed by atoms with Crippen LogP contribution in [0.15, 0.2) is 42.7 Å². The predicted octanol–water partition coefficient (Wildman–Crippen LogP) is 7.00. The Labute approximate surface area is 228 Å². The Morgan fingerprint density at radius 1 is 1.13 bits per heavy atom. The van der Waals surface area contributed by atoms with Crippen LogP contribution in [0.1, 0.15) is 32.0 Å². The normalized spacial score (nSPS) is 12.5. The second kappa shape index (κ2) is 11.9. The van der Waals surface area contributed by atoms with Crippen molar-refractivity contribution < 1.29 is 32.5 Å². The number of benzene rings is 1. The molecule has 3 aromatic rings. The molecule has 2 heterocycles. The molecule has 1 N–H and O–H groups in total. The van der Waals surface area contributed by atoms with Crippen molar-refractivity contribution in [3.8, 4) is 28.4 Å². The Balaban J connectivity index is 1.83. The van der Waals surface area contributed by atoms with Gasteiger partial charge in [-0.2, -0.15) is 13.2 Å². The van der Waals surface area contributed by atoms with E-state index in [-0.39, 0.29) is 19.2 Å². The molecular weight excluding hydrogens is 527 g/mol. The third kappa shape index (κ3) is 8.15. The van der Waals surface area contributed by atoms with E-state index in [9.17, 15) is 23.1 Å². The first kappa shape index (κ1) is 30.4. The molecule has 11 heteroatoms. The topological polar surface area (TPSA) is 86.5 Å². The van der Waals surface area contributed by atoms with Crippen LogP contribution in [0.3, 0.4) is 0 Å². The lowest BCUT2D eigenvalue weighted by atomic mass is 9.95. The maximum atomic E-state index is 13.4. The Morgan fingerprint density at radius 3 is 2.41 bits per heavy atom. The smallest absolute Gasteiger partial charge is 0.434 e. The second-order valence-corrected chi connectivity index (χ2v) is 17.0. The highest BCUT2D eigenvalue weighted by molar-refractivity contribution is 6.76. The first-order valence-electron chi connectivity index (χ1n) is 12.8. The minimum Gasteiger partial charge on any atom is -0.492 e. The molecule has 0 radical (unpaired) electrons. The van der Waals surface area contributed by atoms with Crippen LogP contribution in [0.2, 0.25) is 25.7 Å². The van der Waals surface area contributed by atoms with E-state index in [1.807, 2.05) is 19.1 Å². The molecule has 0 bridgehead atoms. The van der Waals surface area contributed by atoms with Crippen LogP contribution in [0.5, 0.6) is 5.75 Å². The van der Waals surface area contributed by atoms with Crippen LogP contribution >= 0.6 is 0 Å². The monoisotopic (exact) mass is 563 g/mol. The number of hydrogen-bond donors (Lipinski definition) is 1. The van der Waals surface area contributed by atoms with Crippen molar-refractivity contribution in [1.82, 2.24) is 14.5 Å². The second-order valence-electron chi connectivity index (χ2n) is 11.3. The summed E-state index contributed by atoms with van der Waals surface area (Å²) in [5, 5.41) is 9.30. The van der Waals surface area contributed by atoms with Crippen molar-refractivity contribution in [2.45, 2.75) is 65.8 Å². The van der Waals surface area contributed by atoms with Gasteiger partial charge in [-0.05, 0) is 62.2 Å². The van der Waals surface area contributed by atoms with Gasteiger partial charge < -0.3 is 19.1 Å². The lowest BCUT2D eigenvalue weighted by Crippen LogP contribution is -2.30. The van der Waals surface area contributed by atoms with E-state index < -0.39 is 31.3 Å². The van der Waals surface area contributed by atoms with Crippen molar-refractivity contribution >= 4 is 14.0 Å². The third-order valence-electron chi connectivity index (χ3n) is 6.23. The number of alkyl halides is 3. The molecule has 3 rings (SSSR count). The van der Waals surface area contributed by atoms with E-state index in [0.29, 0.717) is 30.0 Å². The molecule has 212 valence electrons. The number of ether oxygens (including phenoxy) is 2. The van der Waals surface area contributed by atoms with Crippen LogP contribution in [-0.2, 0) is 28.9 Å². The highest BCUT2D eigenvalue weighted by Gasteiger charge is 2.35. The van der Waals surface area contributed by atoms with E-state index in [4.69, 9.17) is 9.47 Å². The zero-order chi connectivity index (χ0) is 29.0. The number of carboxylic acid groups (broad SMARTS) is 1. The fourth-order valence-electron chi connectivity index (χ4n) is 3.64. The third-order valence-corrected chi connectivity index (χ3v) is 7.93. The van der Waals surface area contributed by atoms with Gasteiger partial charge >= 0.3 is 12.1 Å². The molecular formula is C28H36F3N3O4Si. The number of pyridine rings is 1. The number of aliphatic carboxylic acids is 1. The minimum atomic E-state index is -4.58. The number of rotatable bonds is 12. The van der Waals surface area contributed by atoms with Gasteiger partial charge in [-0.1, -0.05) is 26.6 Å². The highest BCUT2D eigenvalue weighted by atomic mass is 28.3. The van der Waals surface area contributed by atoms with E-state index in [2.05, 4.69) is 29.6 Å². The van der Waals surface area contributed by atoms with Crippen LogP contribution in [-0.4, -0.2) is 46.9 Å². The quantitative estimate of drug-likeness (QED) is 0.189. The first-order chi connectivity index (χ1) is 18.1. The summed E-state index contributed by atoms with van der Waals surface area (Å²) in [5.74, 6) is -0.257. The number of halogens is 3. The Morgan fingerprint density at radius 2 is 1.85 bits per heavy atom. The standard InChI is InChI=1S/C28H36F3N3O4Si/c1-7-19-14-21(38-17-27(2,3)26(35)36)9-10-22(19)23-11-8-20(15-32-23)25-33-24(28(29,30)31)16-34(25)18-37-12-13-39(4,5)6/h8-11,14-16H,7,12-13,17-18H2,1-6H3,(H,35,36). The fraction of sp³-hybridized carbons (Fsp3) is 0.464. The minimum absolute atomic E-state index is 0.0200. The van der Waals surface area contributed by atoms with Gasteiger partial charge in [0.25, 0.3) is 0 Å². The largest absolute Gasteiger partial charge is 0.492 e. The summed E-state index contributed by atoms with van der Waals surface area (Å²) in [5.41, 5.74) is 0.871. The van der Waals surface area contributed by atoms with Crippen LogP contribution in [0.4, 0.5) is 13.2 Å². The lowest BCUT2D eigenvalue weighted by Gasteiger charge is -2.20. The van der Waals surface area contributed by atoms with Gasteiger partial charge in [0.15, 0.2) is 5.69 Å². The molecule has 2 aromatic heterocycles. The maximum absolute atomic E-state index is 13.4. The molecule has 0 fully saturated rings. The molecule has 0 unspecified atom stereocenters. The van der Waals surface area contributed by atoms with E-state index in [0.717, 1.165) is 23.4 Å². The average molecular weight is 564 g/mol. The van der Waals surface area contributed by atoms with E-state index >= 15 is 0 Å². The van der Waals surface area contributed by atoms with E-state index in [1.165, 1.54) is 10.8 Å². The molecule has 0 aliphatic heterocycles. The molecule has 1 aromatic carbocycles. The van der Waals surface area contributed by atoms with Gasteiger partial charge in [-0.3, -0.25) is 9.78 Å². The molecule has 0 atom stereocenters. The SMILES string of the molecule is CCc1cc(OCC(C)(C)C(=O)O)ccc1-c1ccc(-c2nc(C(F)(F)F)cn2COCC[Si](C)(C)C)cn1.